The molecule has 0 heterocycles. The summed E-state index contributed by atoms with van der Waals surface area (Å²) in [6, 6.07) is 3.99. The lowest BCUT2D eigenvalue weighted by Crippen LogP contribution is -2.06. The van der Waals surface area contributed by atoms with E-state index in [0.29, 0.717) is 25.0 Å². The molecular formula is C20H32Cl2O2. The van der Waals surface area contributed by atoms with Crippen LogP contribution in [0.2, 0.25) is 0 Å². The van der Waals surface area contributed by atoms with Crippen molar-refractivity contribution in [2.75, 3.05) is 13.2 Å². The second-order valence-corrected chi connectivity index (χ2v) is 6.66. The quantitative estimate of drug-likeness (QED) is 0.255. The molecule has 1 aromatic rings. The Hall–Kier alpha value is -0.600. The highest BCUT2D eigenvalue weighted by Gasteiger charge is 2.15. The van der Waals surface area contributed by atoms with E-state index in [1.807, 2.05) is 12.1 Å². The van der Waals surface area contributed by atoms with E-state index in [1.54, 1.807) is 0 Å². The molecule has 138 valence electrons. The summed E-state index contributed by atoms with van der Waals surface area (Å²) in [5, 5.41) is 0. The van der Waals surface area contributed by atoms with Gasteiger partial charge in [-0.1, -0.05) is 64.5 Å². The van der Waals surface area contributed by atoms with Crippen molar-refractivity contribution < 1.29 is 9.47 Å². The van der Waals surface area contributed by atoms with Crippen LogP contribution in [-0.4, -0.2) is 13.2 Å². The highest BCUT2D eigenvalue weighted by atomic mass is 35.5. The zero-order valence-corrected chi connectivity index (χ0v) is 16.7. The Bertz CT molecular complexity index is 409. The number of unbranched alkanes of at least 4 members (excludes halogenated alkanes) is 6. The van der Waals surface area contributed by atoms with Gasteiger partial charge in [-0.2, -0.15) is 0 Å². The average molecular weight is 375 g/mol. The molecule has 0 spiro atoms. The minimum Gasteiger partial charge on any atom is -0.489 e. The van der Waals surface area contributed by atoms with Gasteiger partial charge in [-0.25, -0.2) is 0 Å². The van der Waals surface area contributed by atoms with E-state index in [4.69, 9.17) is 32.7 Å². The van der Waals surface area contributed by atoms with Gasteiger partial charge < -0.3 is 9.47 Å². The first kappa shape index (κ1) is 21.4. The van der Waals surface area contributed by atoms with E-state index in [-0.39, 0.29) is 0 Å². The van der Waals surface area contributed by atoms with Gasteiger partial charge in [0.1, 0.15) is 0 Å². The summed E-state index contributed by atoms with van der Waals surface area (Å²) in [5.74, 6) is 2.41. The Kier molecular flexibility index (Phi) is 12.2. The van der Waals surface area contributed by atoms with Crippen LogP contribution >= 0.6 is 23.2 Å². The SMILES string of the molecule is CCCCCCOc1c(CCl)ccc(CCl)c1OCCCCCC. The lowest BCUT2D eigenvalue weighted by Gasteiger charge is -2.18. The molecule has 2 nitrogen and oxygen atoms in total. The van der Waals surface area contributed by atoms with E-state index in [1.165, 1.54) is 38.5 Å². The van der Waals surface area contributed by atoms with E-state index in [2.05, 4.69) is 13.8 Å². The van der Waals surface area contributed by atoms with Crippen LogP contribution in [0, 0.1) is 0 Å². The van der Waals surface area contributed by atoms with Crippen molar-refractivity contribution in [2.45, 2.75) is 77.0 Å². The molecule has 4 heteroatoms. The van der Waals surface area contributed by atoms with Crippen molar-refractivity contribution in [3.63, 3.8) is 0 Å². The zero-order valence-electron chi connectivity index (χ0n) is 15.2. The topological polar surface area (TPSA) is 18.5 Å². The van der Waals surface area contributed by atoms with Crippen LogP contribution in [0.25, 0.3) is 0 Å². The molecule has 0 N–H and O–H groups in total. The van der Waals surface area contributed by atoms with Crippen molar-refractivity contribution in [3.05, 3.63) is 23.3 Å². The maximum absolute atomic E-state index is 6.10. The van der Waals surface area contributed by atoms with E-state index < -0.39 is 0 Å². The molecule has 0 fully saturated rings. The predicted octanol–water partition coefficient (Wildman–Crippen LogP) is 7.08. The molecular weight excluding hydrogens is 343 g/mol. The largest absolute Gasteiger partial charge is 0.489 e. The summed E-state index contributed by atoms with van der Waals surface area (Å²) in [6.45, 7) is 5.81. The Morgan fingerprint density at radius 2 is 1.08 bits per heavy atom. The normalized spacial score (nSPS) is 10.8. The van der Waals surface area contributed by atoms with E-state index >= 15 is 0 Å². The Morgan fingerprint density at radius 1 is 0.667 bits per heavy atom. The van der Waals surface area contributed by atoms with Crippen LogP contribution in [0.4, 0.5) is 0 Å². The van der Waals surface area contributed by atoms with Crippen molar-refractivity contribution in [1.29, 1.82) is 0 Å². The summed E-state index contributed by atoms with van der Waals surface area (Å²) in [7, 11) is 0. The Labute approximate surface area is 157 Å². The van der Waals surface area contributed by atoms with Gasteiger partial charge in [-0.05, 0) is 12.8 Å². The van der Waals surface area contributed by atoms with Gasteiger partial charge in [0.05, 0.1) is 25.0 Å². The third kappa shape index (κ3) is 7.53. The van der Waals surface area contributed by atoms with Gasteiger partial charge in [-0.3, -0.25) is 0 Å². The second kappa shape index (κ2) is 13.7. The molecule has 0 unspecified atom stereocenters. The van der Waals surface area contributed by atoms with Gasteiger partial charge in [-0.15, -0.1) is 23.2 Å². The summed E-state index contributed by atoms with van der Waals surface area (Å²) in [6.07, 6.45) is 9.42. The highest BCUT2D eigenvalue weighted by Crippen LogP contribution is 2.37. The molecule has 0 saturated carbocycles. The number of rotatable bonds is 14. The molecule has 24 heavy (non-hydrogen) atoms. The summed E-state index contributed by atoms with van der Waals surface area (Å²) in [4.78, 5) is 0. The second-order valence-electron chi connectivity index (χ2n) is 6.13. The van der Waals surface area contributed by atoms with Crippen LogP contribution in [0.1, 0.15) is 76.3 Å². The van der Waals surface area contributed by atoms with Gasteiger partial charge in [0.2, 0.25) is 0 Å². The third-order valence-electron chi connectivity index (χ3n) is 4.05. The monoisotopic (exact) mass is 374 g/mol. The molecule has 0 aliphatic heterocycles. The fraction of sp³-hybridized carbons (Fsp3) is 0.700. The first-order valence-electron chi connectivity index (χ1n) is 9.30. The van der Waals surface area contributed by atoms with Crippen LogP contribution in [0.5, 0.6) is 11.5 Å². The average Bonchev–Trinajstić information content (AvgIpc) is 2.61. The van der Waals surface area contributed by atoms with Crippen molar-refractivity contribution in [3.8, 4) is 11.5 Å². The van der Waals surface area contributed by atoms with Crippen LogP contribution in [0.3, 0.4) is 0 Å². The first-order chi connectivity index (χ1) is 11.8. The fourth-order valence-corrected chi connectivity index (χ4v) is 3.00. The maximum Gasteiger partial charge on any atom is 0.165 e. The molecule has 1 rings (SSSR count). The molecule has 1 aromatic carbocycles. The van der Waals surface area contributed by atoms with Gasteiger partial charge in [0, 0.05) is 11.1 Å². The van der Waals surface area contributed by atoms with Crippen LogP contribution < -0.4 is 9.47 Å². The Morgan fingerprint density at radius 3 is 1.42 bits per heavy atom. The minimum atomic E-state index is 0.416. The molecule has 0 bridgehead atoms. The molecule has 0 atom stereocenters. The minimum absolute atomic E-state index is 0.416. The van der Waals surface area contributed by atoms with Crippen molar-refractivity contribution in [2.24, 2.45) is 0 Å². The van der Waals surface area contributed by atoms with Gasteiger partial charge >= 0.3 is 0 Å². The predicted molar refractivity (Wildman–Crippen MR) is 105 cm³/mol. The number of hydrogen-bond acceptors (Lipinski definition) is 2. The maximum atomic E-state index is 6.10. The number of hydrogen-bond donors (Lipinski definition) is 0. The summed E-state index contributed by atoms with van der Waals surface area (Å²) >= 11 is 12.2. The summed E-state index contributed by atoms with van der Waals surface area (Å²) < 4.78 is 12.1. The number of alkyl halides is 2. The van der Waals surface area contributed by atoms with Gasteiger partial charge in [0.15, 0.2) is 11.5 Å². The molecule has 0 aliphatic carbocycles. The molecule has 0 radical (unpaired) electrons. The lowest BCUT2D eigenvalue weighted by molar-refractivity contribution is 0.256. The zero-order chi connectivity index (χ0) is 17.6. The first-order valence-corrected chi connectivity index (χ1v) is 10.4. The van der Waals surface area contributed by atoms with E-state index in [9.17, 15) is 0 Å². The van der Waals surface area contributed by atoms with Gasteiger partial charge in [0.25, 0.3) is 0 Å². The molecule has 0 amide bonds. The van der Waals surface area contributed by atoms with Crippen molar-refractivity contribution in [1.82, 2.24) is 0 Å². The number of ether oxygens (including phenoxy) is 2. The van der Waals surface area contributed by atoms with E-state index in [0.717, 1.165) is 35.5 Å². The highest BCUT2D eigenvalue weighted by molar-refractivity contribution is 6.18. The number of halogens is 2. The molecule has 0 saturated heterocycles. The Balaban J connectivity index is 2.74. The lowest BCUT2D eigenvalue weighted by atomic mass is 10.1. The van der Waals surface area contributed by atoms with Crippen LogP contribution in [0.15, 0.2) is 12.1 Å². The smallest absolute Gasteiger partial charge is 0.165 e. The third-order valence-corrected chi connectivity index (χ3v) is 4.63. The van der Waals surface area contributed by atoms with Crippen molar-refractivity contribution >= 4 is 23.2 Å². The van der Waals surface area contributed by atoms with Crippen LogP contribution in [-0.2, 0) is 11.8 Å². The summed E-state index contributed by atoms with van der Waals surface area (Å²) in [5.41, 5.74) is 1.95. The molecule has 0 aromatic heterocycles. The molecule has 0 aliphatic rings. The number of benzene rings is 1. The fourth-order valence-electron chi connectivity index (χ4n) is 2.58. The standard InChI is InChI=1S/C20H32Cl2O2/c1-3-5-7-9-13-23-19-17(15-21)11-12-18(16-22)20(19)24-14-10-8-6-4-2/h11-12H,3-10,13-16H2,1-2H3.